The summed E-state index contributed by atoms with van der Waals surface area (Å²) in [6, 6.07) is 44.9. The lowest BCUT2D eigenvalue weighted by atomic mass is 9.79. The highest BCUT2D eigenvalue weighted by Crippen LogP contribution is 2.43. The molecule has 0 fully saturated rings. The van der Waals surface area contributed by atoms with Gasteiger partial charge in [-0.15, -0.1) is 0 Å². The van der Waals surface area contributed by atoms with Crippen molar-refractivity contribution >= 4 is 39.3 Å². The van der Waals surface area contributed by atoms with Gasteiger partial charge < -0.3 is 9.52 Å². The molecule has 0 amide bonds. The van der Waals surface area contributed by atoms with Gasteiger partial charge in [-0.2, -0.15) is 0 Å². The predicted octanol–water partition coefficient (Wildman–Crippen LogP) is 12.5. The number of aromatic hydroxyl groups is 1. The van der Waals surface area contributed by atoms with E-state index in [0.29, 0.717) is 28.2 Å². The molecule has 0 unspecified atom stereocenters. The summed E-state index contributed by atoms with van der Waals surface area (Å²) in [7, 11) is 0. The van der Waals surface area contributed by atoms with Gasteiger partial charge in [0.25, 0.3) is 0 Å². The first-order valence-electron chi connectivity index (χ1n) is 18.0. The molecule has 0 radical (unpaired) electrons. The van der Waals surface area contributed by atoms with Crippen LogP contribution in [0.2, 0.25) is 0 Å². The first-order valence-corrected chi connectivity index (χ1v) is 18.0. The fraction of sp³-hybridized carbons (Fsp3) is 0.170. The van der Waals surface area contributed by atoms with Crippen molar-refractivity contribution in [1.82, 2.24) is 15.0 Å². The first kappa shape index (κ1) is 33.9. The van der Waals surface area contributed by atoms with Crippen LogP contribution in [0.15, 0.2) is 144 Å². The van der Waals surface area contributed by atoms with Crippen molar-refractivity contribution in [3.8, 4) is 39.5 Å². The third-order valence-corrected chi connectivity index (χ3v) is 9.71. The molecule has 0 aliphatic carbocycles. The zero-order chi connectivity index (χ0) is 36.9. The molecule has 0 aliphatic heterocycles. The molecule has 0 saturated carbocycles. The summed E-state index contributed by atoms with van der Waals surface area (Å²) < 4.78 is 6.59. The Kier molecular flexibility index (Phi) is 8.34. The Morgan fingerprint density at radius 1 is 0.585 bits per heavy atom. The predicted molar refractivity (Wildman–Crippen MR) is 217 cm³/mol. The van der Waals surface area contributed by atoms with Crippen molar-refractivity contribution in [2.45, 2.75) is 52.4 Å². The molecule has 6 nitrogen and oxygen atoms in total. The molecule has 0 saturated heterocycles. The lowest BCUT2D eigenvalue weighted by molar-refractivity contribution is 0.477. The van der Waals surface area contributed by atoms with Crippen LogP contribution in [0.3, 0.4) is 0 Å². The minimum Gasteiger partial charge on any atom is -0.507 e. The van der Waals surface area contributed by atoms with Gasteiger partial charge in [-0.3, -0.25) is 4.90 Å². The standard InChI is InChI=1S/C47H42N4O2/c1-46(2,3)33-25-31(26-34(29-33)47(4,5)6)30-24-32(28-36(27-30)51(35-16-8-7-9-17-35)41-22-14-15-23-48-41)42-44-43(38-19-11-13-21-40(38)53-44)50-45(49-42)37-18-10-12-20-39(37)52/h7-29,52H,1-6H3. The maximum absolute atomic E-state index is 11.0. The van der Waals surface area contributed by atoms with E-state index in [1.165, 1.54) is 11.1 Å². The van der Waals surface area contributed by atoms with Crippen LogP contribution in [0.1, 0.15) is 52.7 Å². The van der Waals surface area contributed by atoms with Gasteiger partial charge in [-0.05, 0) is 99.8 Å². The normalized spacial score (nSPS) is 12.0. The van der Waals surface area contributed by atoms with Gasteiger partial charge >= 0.3 is 0 Å². The van der Waals surface area contributed by atoms with Crippen molar-refractivity contribution in [1.29, 1.82) is 0 Å². The van der Waals surface area contributed by atoms with E-state index in [1.54, 1.807) is 12.1 Å². The molecule has 0 bridgehead atoms. The van der Waals surface area contributed by atoms with Gasteiger partial charge in [-0.1, -0.05) is 108 Å². The van der Waals surface area contributed by atoms with Crippen LogP contribution in [-0.4, -0.2) is 20.1 Å². The van der Waals surface area contributed by atoms with E-state index in [9.17, 15) is 5.11 Å². The Labute approximate surface area is 310 Å². The number of phenols is 1. The van der Waals surface area contributed by atoms with Gasteiger partial charge in [0.15, 0.2) is 11.4 Å². The van der Waals surface area contributed by atoms with Crippen LogP contribution >= 0.6 is 0 Å². The third kappa shape index (κ3) is 6.53. The number of nitrogens with zero attached hydrogens (tertiary/aromatic N) is 4. The average molecular weight is 695 g/mol. The number of pyridine rings is 1. The van der Waals surface area contributed by atoms with E-state index in [2.05, 4.69) is 95.0 Å². The Hall–Kier alpha value is -6.27. The lowest BCUT2D eigenvalue weighted by Crippen LogP contribution is -2.16. The zero-order valence-electron chi connectivity index (χ0n) is 30.9. The molecule has 262 valence electrons. The van der Waals surface area contributed by atoms with Crippen molar-refractivity contribution in [3.05, 3.63) is 151 Å². The highest BCUT2D eigenvalue weighted by Gasteiger charge is 2.25. The molecule has 0 aliphatic rings. The highest BCUT2D eigenvalue weighted by molar-refractivity contribution is 6.07. The Morgan fingerprint density at radius 3 is 1.92 bits per heavy atom. The Bertz CT molecular complexity index is 2530. The minimum absolute atomic E-state index is 0.0693. The zero-order valence-corrected chi connectivity index (χ0v) is 30.9. The molecule has 0 spiro atoms. The summed E-state index contributed by atoms with van der Waals surface area (Å²) >= 11 is 0. The number of fused-ring (bicyclic) bond motifs is 3. The number of furan rings is 1. The van der Waals surface area contributed by atoms with E-state index >= 15 is 0 Å². The smallest absolute Gasteiger partial charge is 0.180 e. The summed E-state index contributed by atoms with van der Waals surface area (Å²) in [5.41, 5.74) is 10.4. The quantitative estimate of drug-likeness (QED) is 0.187. The molecule has 53 heavy (non-hydrogen) atoms. The Balaban J connectivity index is 1.47. The van der Waals surface area contributed by atoms with Crippen molar-refractivity contribution in [2.24, 2.45) is 0 Å². The SMILES string of the molecule is CC(C)(C)c1cc(-c2cc(-c3nc(-c4ccccc4O)nc4c3oc3ccccc34)cc(N(c3ccccc3)c3ccccn3)c2)cc(C(C)(C)C)c1. The van der Waals surface area contributed by atoms with Crippen LogP contribution in [0.25, 0.3) is 55.8 Å². The fourth-order valence-corrected chi connectivity index (χ4v) is 6.75. The number of benzene rings is 5. The van der Waals surface area contributed by atoms with E-state index in [-0.39, 0.29) is 16.6 Å². The van der Waals surface area contributed by atoms with Gasteiger partial charge in [0, 0.05) is 28.5 Å². The lowest BCUT2D eigenvalue weighted by Gasteiger charge is -2.27. The second-order valence-electron chi connectivity index (χ2n) is 15.6. The van der Waals surface area contributed by atoms with Crippen LogP contribution in [0, 0.1) is 0 Å². The number of hydrogen-bond donors (Lipinski definition) is 1. The van der Waals surface area contributed by atoms with E-state index in [0.717, 1.165) is 44.9 Å². The maximum atomic E-state index is 11.0. The molecule has 0 atom stereocenters. The van der Waals surface area contributed by atoms with E-state index in [4.69, 9.17) is 19.4 Å². The van der Waals surface area contributed by atoms with Gasteiger partial charge in [-0.25, -0.2) is 15.0 Å². The van der Waals surface area contributed by atoms with Crippen LogP contribution in [-0.2, 0) is 10.8 Å². The van der Waals surface area contributed by atoms with Crippen LogP contribution in [0.5, 0.6) is 5.75 Å². The first-order chi connectivity index (χ1) is 25.4. The van der Waals surface area contributed by atoms with Gasteiger partial charge in [0.2, 0.25) is 0 Å². The molecule has 5 aromatic carbocycles. The summed E-state index contributed by atoms with van der Waals surface area (Å²) in [5.74, 6) is 1.31. The molecule has 1 N–H and O–H groups in total. The average Bonchev–Trinajstić information content (AvgIpc) is 3.53. The molecule has 8 aromatic rings. The molecular weight excluding hydrogens is 653 g/mol. The third-order valence-electron chi connectivity index (χ3n) is 9.71. The molecular formula is C47H42N4O2. The van der Waals surface area contributed by atoms with Gasteiger partial charge in [0.05, 0.1) is 5.56 Å². The molecule has 6 heteroatoms. The van der Waals surface area contributed by atoms with Crippen molar-refractivity contribution in [3.63, 3.8) is 0 Å². The Morgan fingerprint density at radius 2 is 1.23 bits per heavy atom. The summed E-state index contributed by atoms with van der Waals surface area (Å²) in [6.07, 6.45) is 1.82. The fourth-order valence-electron chi connectivity index (χ4n) is 6.75. The number of aromatic nitrogens is 3. The van der Waals surface area contributed by atoms with Crippen molar-refractivity contribution < 1.29 is 9.52 Å². The van der Waals surface area contributed by atoms with Crippen LogP contribution in [0.4, 0.5) is 17.2 Å². The monoisotopic (exact) mass is 694 g/mol. The second-order valence-corrected chi connectivity index (χ2v) is 15.6. The van der Waals surface area contributed by atoms with E-state index < -0.39 is 0 Å². The number of rotatable bonds is 6. The summed E-state index contributed by atoms with van der Waals surface area (Å²) in [6.45, 7) is 13.6. The summed E-state index contributed by atoms with van der Waals surface area (Å²) in [4.78, 5) is 17.2. The number of phenolic OH excluding ortho intramolecular Hbond substituents is 1. The topological polar surface area (TPSA) is 75.3 Å². The largest absolute Gasteiger partial charge is 0.507 e. The minimum atomic E-state index is -0.0693. The van der Waals surface area contributed by atoms with Crippen molar-refractivity contribution in [2.75, 3.05) is 4.90 Å². The number of hydrogen-bond acceptors (Lipinski definition) is 6. The molecule has 8 rings (SSSR count). The molecule has 3 aromatic heterocycles. The molecule has 3 heterocycles. The van der Waals surface area contributed by atoms with E-state index in [1.807, 2.05) is 79.0 Å². The maximum Gasteiger partial charge on any atom is 0.180 e. The number of anilines is 3. The highest BCUT2D eigenvalue weighted by atomic mass is 16.3. The van der Waals surface area contributed by atoms with Crippen LogP contribution < -0.4 is 4.90 Å². The number of para-hydroxylation sites is 3. The van der Waals surface area contributed by atoms with Gasteiger partial charge in [0.1, 0.15) is 28.4 Å². The second kappa shape index (κ2) is 13.1. The summed E-state index contributed by atoms with van der Waals surface area (Å²) in [5, 5.41) is 11.9.